The number of amides is 1. The van der Waals surface area contributed by atoms with Crippen LogP contribution in [0.1, 0.15) is 39.5 Å². The number of hydrogen-bond acceptors (Lipinski definition) is 2. The molecule has 0 saturated heterocycles. The van der Waals surface area contributed by atoms with Gasteiger partial charge in [-0.25, -0.2) is 4.79 Å². The van der Waals surface area contributed by atoms with Gasteiger partial charge in [-0.15, -0.1) is 0 Å². The molecular formula is C11H16F3NO3. The first-order valence-electron chi connectivity index (χ1n) is 5.66. The number of hydrogen-bond donors (Lipinski definition) is 2. The summed E-state index contributed by atoms with van der Waals surface area (Å²) in [6, 6.07) is 0. The Hall–Kier alpha value is -1.27. The van der Waals surface area contributed by atoms with Gasteiger partial charge in [-0.1, -0.05) is 19.8 Å². The summed E-state index contributed by atoms with van der Waals surface area (Å²) in [4.78, 5) is 22.6. The van der Waals surface area contributed by atoms with E-state index in [1.165, 1.54) is 0 Å². The number of rotatable bonds is 3. The molecule has 1 aliphatic rings. The second-order valence-electron chi connectivity index (χ2n) is 5.15. The van der Waals surface area contributed by atoms with Crippen LogP contribution in [0.5, 0.6) is 0 Å². The fourth-order valence-electron chi connectivity index (χ4n) is 2.01. The highest BCUT2D eigenvalue weighted by Gasteiger charge is 2.59. The van der Waals surface area contributed by atoms with E-state index < -0.39 is 29.0 Å². The van der Waals surface area contributed by atoms with Gasteiger partial charge >= 0.3 is 12.1 Å². The number of aliphatic carboxylic acids is 1. The van der Waals surface area contributed by atoms with Crippen LogP contribution in [0.3, 0.4) is 0 Å². The molecule has 4 nitrogen and oxygen atoms in total. The van der Waals surface area contributed by atoms with Crippen LogP contribution in [0.2, 0.25) is 0 Å². The average molecular weight is 267 g/mol. The SMILES string of the molecule is CC1(C(=O)NC(C)(C(=O)O)C(F)(F)F)CCCC1. The molecule has 7 heteroatoms. The Morgan fingerprint density at radius 2 is 1.67 bits per heavy atom. The summed E-state index contributed by atoms with van der Waals surface area (Å²) in [5.41, 5.74) is -4.14. The van der Waals surface area contributed by atoms with Gasteiger partial charge in [0.05, 0.1) is 0 Å². The predicted octanol–water partition coefficient (Wildman–Crippen LogP) is 2.09. The minimum absolute atomic E-state index is 0.464. The fraction of sp³-hybridized carbons (Fsp3) is 0.818. The van der Waals surface area contributed by atoms with Gasteiger partial charge in [-0.2, -0.15) is 13.2 Å². The van der Waals surface area contributed by atoms with E-state index in [2.05, 4.69) is 0 Å². The monoisotopic (exact) mass is 267 g/mol. The lowest BCUT2D eigenvalue weighted by molar-refractivity contribution is -0.208. The molecule has 0 bridgehead atoms. The molecule has 1 unspecified atom stereocenters. The van der Waals surface area contributed by atoms with E-state index in [9.17, 15) is 22.8 Å². The van der Waals surface area contributed by atoms with Crippen LogP contribution in [0.15, 0.2) is 0 Å². The number of alkyl halides is 3. The van der Waals surface area contributed by atoms with Gasteiger partial charge in [0.25, 0.3) is 0 Å². The molecule has 1 aliphatic carbocycles. The first-order valence-corrected chi connectivity index (χ1v) is 5.66. The molecule has 104 valence electrons. The lowest BCUT2D eigenvalue weighted by Crippen LogP contribution is -2.63. The van der Waals surface area contributed by atoms with Gasteiger partial charge in [-0.3, -0.25) is 4.79 Å². The quantitative estimate of drug-likeness (QED) is 0.822. The summed E-state index contributed by atoms with van der Waals surface area (Å²) in [5.74, 6) is -2.95. The molecule has 0 heterocycles. The van der Waals surface area contributed by atoms with E-state index in [-0.39, 0.29) is 0 Å². The second kappa shape index (κ2) is 4.44. The third kappa shape index (κ3) is 2.44. The highest BCUT2D eigenvalue weighted by atomic mass is 19.4. The van der Waals surface area contributed by atoms with E-state index in [1.54, 1.807) is 12.2 Å². The van der Waals surface area contributed by atoms with Gasteiger partial charge in [0.2, 0.25) is 11.4 Å². The molecule has 2 N–H and O–H groups in total. The van der Waals surface area contributed by atoms with Crippen molar-refractivity contribution in [3.05, 3.63) is 0 Å². The Kier molecular flexibility index (Phi) is 3.65. The summed E-state index contributed by atoms with van der Waals surface area (Å²) in [6.07, 6.45) is -2.55. The maximum atomic E-state index is 12.7. The molecule has 1 amide bonds. The molecule has 0 aliphatic heterocycles. The van der Waals surface area contributed by atoms with Crippen molar-refractivity contribution in [2.45, 2.75) is 51.2 Å². The molecule has 1 atom stereocenters. The zero-order chi connectivity index (χ0) is 14.2. The van der Waals surface area contributed by atoms with Crippen molar-refractivity contribution in [3.8, 4) is 0 Å². The Balaban J connectivity index is 2.92. The summed E-state index contributed by atoms with van der Waals surface area (Å²) in [6.45, 7) is 2.03. The zero-order valence-corrected chi connectivity index (χ0v) is 10.2. The molecular weight excluding hydrogens is 251 g/mol. The number of carbonyl (C=O) groups is 2. The van der Waals surface area contributed by atoms with Gasteiger partial charge in [-0.05, 0) is 19.8 Å². The molecule has 0 radical (unpaired) electrons. The van der Waals surface area contributed by atoms with Crippen molar-refractivity contribution in [3.63, 3.8) is 0 Å². The van der Waals surface area contributed by atoms with Crippen LogP contribution in [-0.2, 0) is 9.59 Å². The predicted molar refractivity (Wildman–Crippen MR) is 56.8 cm³/mol. The maximum Gasteiger partial charge on any atom is 0.422 e. The van der Waals surface area contributed by atoms with Crippen molar-refractivity contribution in [2.24, 2.45) is 5.41 Å². The summed E-state index contributed by atoms with van der Waals surface area (Å²) in [5, 5.41) is 10.4. The largest absolute Gasteiger partial charge is 0.479 e. The van der Waals surface area contributed by atoms with Gasteiger partial charge < -0.3 is 10.4 Å². The first kappa shape index (κ1) is 14.8. The van der Waals surface area contributed by atoms with E-state index in [0.717, 1.165) is 12.8 Å². The van der Waals surface area contributed by atoms with E-state index in [1.807, 2.05) is 0 Å². The van der Waals surface area contributed by atoms with Crippen molar-refractivity contribution < 1.29 is 27.9 Å². The Morgan fingerprint density at radius 1 is 1.22 bits per heavy atom. The number of carboxylic acid groups (broad SMARTS) is 1. The normalized spacial score (nSPS) is 22.3. The van der Waals surface area contributed by atoms with Crippen molar-refractivity contribution in [1.82, 2.24) is 5.32 Å². The van der Waals surface area contributed by atoms with Crippen molar-refractivity contribution >= 4 is 11.9 Å². The number of halogens is 3. The second-order valence-corrected chi connectivity index (χ2v) is 5.15. The molecule has 1 saturated carbocycles. The topological polar surface area (TPSA) is 66.4 Å². The van der Waals surface area contributed by atoms with E-state index in [4.69, 9.17) is 5.11 Å². The molecule has 0 aromatic heterocycles. The van der Waals surface area contributed by atoms with E-state index in [0.29, 0.717) is 19.8 Å². The smallest absolute Gasteiger partial charge is 0.422 e. The van der Waals surface area contributed by atoms with Crippen molar-refractivity contribution in [2.75, 3.05) is 0 Å². The van der Waals surface area contributed by atoms with Crippen LogP contribution in [0.4, 0.5) is 13.2 Å². The van der Waals surface area contributed by atoms with Crippen LogP contribution in [-0.4, -0.2) is 28.7 Å². The standard InChI is InChI=1S/C11H16F3NO3/c1-9(5-3-4-6-9)7(16)15-10(2,8(17)18)11(12,13)14/h3-6H2,1-2H3,(H,15,16)(H,17,18). The van der Waals surface area contributed by atoms with Crippen molar-refractivity contribution in [1.29, 1.82) is 0 Å². The van der Waals surface area contributed by atoms with Crippen LogP contribution in [0, 0.1) is 5.41 Å². The maximum absolute atomic E-state index is 12.7. The van der Waals surface area contributed by atoms with Crippen LogP contribution in [0.25, 0.3) is 0 Å². The number of carbonyl (C=O) groups excluding carboxylic acids is 1. The Morgan fingerprint density at radius 3 is 2.00 bits per heavy atom. The highest BCUT2D eigenvalue weighted by molar-refractivity contribution is 5.90. The molecule has 1 rings (SSSR count). The molecule has 0 aromatic rings. The third-order valence-electron chi connectivity index (χ3n) is 3.61. The highest BCUT2D eigenvalue weighted by Crippen LogP contribution is 2.39. The van der Waals surface area contributed by atoms with Gasteiger partial charge in [0, 0.05) is 5.41 Å². The fourth-order valence-corrected chi connectivity index (χ4v) is 2.01. The minimum Gasteiger partial charge on any atom is -0.479 e. The van der Waals surface area contributed by atoms with Crippen LogP contribution >= 0.6 is 0 Å². The molecule has 0 spiro atoms. The summed E-state index contributed by atoms with van der Waals surface area (Å²) < 4.78 is 38.2. The number of carboxylic acids is 1. The number of nitrogens with one attached hydrogen (secondary N) is 1. The molecule has 0 aromatic carbocycles. The lowest BCUT2D eigenvalue weighted by Gasteiger charge is -2.32. The first-order chi connectivity index (χ1) is 8.03. The third-order valence-corrected chi connectivity index (χ3v) is 3.61. The van der Waals surface area contributed by atoms with Gasteiger partial charge in [0.15, 0.2) is 0 Å². The Labute approximate surface area is 103 Å². The molecule has 1 fully saturated rings. The Bertz CT molecular complexity index is 361. The average Bonchev–Trinajstić information content (AvgIpc) is 2.64. The van der Waals surface area contributed by atoms with Crippen LogP contribution < -0.4 is 5.32 Å². The lowest BCUT2D eigenvalue weighted by atomic mass is 9.86. The van der Waals surface area contributed by atoms with Gasteiger partial charge in [0.1, 0.15) is 0 Å². The summed E-state index contributed by atoms with van der Waals surface area (Å²) in [7, 11) is 0. The minimum atomic E-state index is -5.04. The summed E-state index contributed by atoms with van der Waals surface area (Å²) >= 11 is 0. The zero-order valence-electron chi connectivity index (χ0n) is 10.2. The molecule has 18 heavy (non-hydrogen) atoms. The van der Waals surface area contributed by atoms with E-state index >= 15 is 0 Å².